The van der Waals surface area contributed by atoms with Crippen LogP contribution in [0.25, 0.3) is 0 Å². The molecule has 0 bridgehead atoms. The van der Waals surface area contributed by atoms with Gasteiger partial charge in [-0.2, -0.15) is 5.10 Å². The number of rotatable bonds is 7. The zero-order valence-electron chi connectivity index (χ0n) is 13.7. The Bertz CT molecular complexity index is 770. The Morgan fingerprint density at radius 3 is 2.54 bits per heavy atom. The van der Waals surface area contributed by atoms with Gasteiger partial charge in [0.15, 0.2) is 11.5 Å². The van der Waals surface area contributed by atoms with Gasteiger partial charge in [-0.3, -0.25) is 0 Å². The molecule has 0 aliphatic rings. The highest BCUT2D eigenvalue weighted by atomic mass is 16.5. The molecule has 3 rings (SSSR count). The van der Waals surface area contributed by atoms with E-state index in [0.717, 1.165) is 16.9 Å². The Morgan fingerprint density at radius 2 is 1.83 bits per heavy atom. The highest BCUT2D eigenvalue weighted by molar-refractivity contribution is 5.44. The third-order valence-corrected chi connectivity index (χ3v) is 3.62. The van der Waals surface area contributed by atoms with Gasteiger partial charge in [-0.05, 0) is 30.2 Å². The topological polar surface area (TPSA) is 72.1 Å². The number of benzene rings is 2. The fraction of sp³-hybridized carbons (Fsp3) is 0.222. The zero-order chi connectivity index (χ0) is 16.8. The lowest BCUT2D eigenvalue weighted by Gasteiger charge is -2.12. The Labute approximate surface area is 140 Å². The number of hydrogen-bond donors (Lipinski definition) is 2. The molecule has 0 saturated carbocycles. The van der Waals surface area contributed by atoms with Crippen LogP contribution in [0.1, 0.15) is 16.7 Å². The number of methoxy groups -OCH3 is 1. The molecule has 0 radical (unpaired) electrons. The molecule has 0 atom stereocenters. The summed E-state index contributed by atoms with van der Waals surface area (Å²) in [4.78, 5) is 4.03. The largest absolute Gasteiger partial charge is 0.493 e. The standard InChI is InChI=1S/C18H20N4O2/c1-13-3-5-14(6-4-13)11-24-16-8-7-15(9-17(16)23-2)10-19-18-20-12-21-22-18/h3-9,12H,10-11H2,1-2H3,(H2,19,20,21,22). The van der Waals surface area contributed by atoms with Crippen molar-refractivity contribution in [3.8, 4) is 11.5 Å². The Hall–Kier alpha value is -3.02. The molecule has 1 heterocycles. The van der Waals surface area contributed by atoms with Crippen molar-refractivity contribution < 1.29 is 9.47 Å². The fourth-order valence-corrected chi connectivity index (χ4v) is 2.26. The SMILES string of the molecule is COc1cc(CNc2ncn[nH]2)ccc1OCc1ccc(C)cc1. The van der Waals surface area contributed by atoms with Crippen LogP contribution in [0.4, 0.5) is 5.95 Å². The third-order valence-electron chi connectivity index (χ3n) is 3.62. The van der Waals surface area contributed by atoms with Crippen LogP contribution in [0, 0.1) is 6.92 Å². The van der Waals surface area contributed by atoms with Crippen molar-refractivity contribution in [2.45, 2.75) is 20.1 Å². The summed E-state index contributed by atoms with van der Waals surface area (Å²) in [5.74, 6) is 2.06. The van der Waals surface area contributed by atoms with E-state index in [1.807, 2.05) is 18.2 Å². The number of nitrogens with zero attached hydrogens (tertiary/aromatic N) is 2. The van der Waals surface area contributed by atoms with Crippen molar-refractivity contribution in [1.29, 1.82) is 0 Å². The molecule has 0 aliphatic carbocycles. The molecular formula is C18H20N4O2. The van der Waals surface area contributed by atoms with Gasteiger partial charge in [-0.1, -0.05) is 35.9 Å². The molecule has 0 aliphatic heterocycles. The second-order valence-electron chi connectivity index (χ2n) is 5.45. The quantitative estimate of drug-likeness (QED) is 0.697. The summed E-state index contributed by atoms with van der Waals surface area (Å²) in [5, 5.41) is 9.71. The molecule has 1 aromatic heterocycles. The van der Waals surface area contributed by atoms with Crippen LogP contribution >= 0.6 is 0 Å². The molecule has 3 aromatic rings. The molecule has 2 N–H and O–H groups in total. The van der Waals surface area contributed by atoms with Gasteiger partial charge in [0.25, 0.3) is 0 Å². The first kappa shape index (κ1) is 15.9. The van der Waals surface area contributed by atoms with E-state index in [0.29, 0.717) is 24.8 Å². The molecule has 6 heteroatoms. The van der Waals surface area contributed by atoms with Gasteiger partial charge in [0, 0.05) is 6.54 Å². The van der Waals surface area contributed by atoms with Crippen molar-refractivity contribution >= 4 is 5.95 Å². The lowest BCUT2D eigenvalue weighted by atomic mass is 10.1. The van der Waals surface area contributed by atoms with E-state index in [1.165, 1.54) is 11.9 Å². The number of ether oxygens (including phenoxy) is 2. The van der Waals surface area contributed by atoms with Crippen molar-refractivity contribution in [3.05, 3.63) is 65.5 Å². The maximum absolute atomic E-state index is 5.89. The first-order chi connectivity index (χ1) is 11.7. The van der Waals surface area contributed by atoms with E-state index >= 15 is 0 Å². The number of aromatic nitrogens is 3. The number of hydrogen-bond acceptors (Lipinski definition) is 5. The Morgan fingerprint density at radius 1 is 1.04 bits per heavy atom. The van der Waals surface area contributed by atoms with Crippen LogP contribution in [0.5, 0.6) is 11.5 Å². The average Bonchev–Trinajstić information content (AvgIpc) is 3.13. The molecule has 2 aromatic carbocycles. The van der Waals surface area contributed by atoms with Gasteiger partial charge < -0.3 is 14.8 Å². The first-order valence-corrected chi connectivity index (χ1v) is 7.69. The predicted octanol–water partition coefficient (Wildman–Crippen LogP) is 3.31. The van der Waals surface area contributed by atoms with Gasteiger partial charge in [0.1, 0.15) is 12.9 Å². The van der Waals surface area contributed by atoms with E-state index in [9.17, 15) is 0 Å². The maximum atomic E-state index is 5.89. The second-order valence-corrected chi connectivity index (χ2v) is 5.45. The summed E-state index contributed by atoms with van der Waals surface area (Å²) >= 11 is 0. The summed E-state index contributed by atoms with van der Waals surface area (Å²) in [5.41, 5.74) is 3.42. The number of aryl methyl sites for hydroxylation is 1. The predicted molar refractivity (Wildman–Crippen MR) is 92.2 cm³/mol. The van der Waals surface area contributed by atoms with E-state index in [1.54, 1.807) is 7.11 Å². The van der Waals surface area contributed by atoms with Gasteiger partial charge in [0.05, 0.1) is 7.11 Å². The molecule has 0 spiro atoms. The molecule has 0 amide bonds. The van der Waals surface area contributed by atoms with Gasteiger partial charge in [0.2, 0.25) is 5.95 Å². The molecule has 0 fully saturated rings. The van der Waals surface area contributed by atoms with Crippen LogP contribution < -0.4 is 14.8 Å². The highest BCUT2D eigenvalue weighted by Gasteiger charge is 2.07. The van der Waals surface area contributed by atoms with Crippen LogP contribution in [-0.2, 0) is 13.2 Å². The van der Waals surface area contributed by atoms with E-state index in [-0.39, 0.29) is 0 Å². The van der Waals surface area contributed by atoms with Crippen LogP contribution in [-0.4, -0.2) is 22.3 Å². The molecule has 0 saturated heterocycles. The summed E-state index contributed by atoms with van der Waals surface area (Å²) in [6.45, 7) is 3.19. The second kappa shape index (κ2) is 7.50. The molecule has 0 unspecified atom stereocenters. The minimum absolute atomic E-state index is 0.506. The normalized spacial score (nSPS) is 10.4. The number of nitrogens with one attached hydrogen (secondary N) is 2. The first-order valence-electron chi connectivity index (χ1n) is 7.69. The van der Waals surface area contributed by atoms with Gasteiger partial charge in [-0.25, -0.2) is 10.1 Å². The number of aromatic amines is 1. The molecule has 124 valence electrons. The smallest absolute Gasteiger partial charge is 0.218 e. The Balaban J connectivity index is 1.63. The maximum Gasteiger partial charge on any atom is 0.218 e. The lowest BCUT2D eigenvalue weighted by Crippen LogP contribution is -2.02. The average molecular weight is 324 g/mol. The zero-order valence-corrected chi connectivity index (χ0v) is 13.7. The Kier molecular flexibility index (Phi) is 4.96. The van der Waals surface area contributed by atoms with E-state index < -0.39 is 0 Å². The monoisotopic (exact) mass is 324 g/mol. The van der Waals surface area contributed by atoms with E-state index in [4.69, 9.17) is 9.47 Å². The lowest BCUT2D eigenvalue weighted by molar-refractivity contribution is 0.284. The molecular weight excluding hydrogens is 304 g/mol. The van der Waals surface area contributed by atoms with Crippen molar-refractivity contribution in [1.82, 2.24) is 15.2 Å². The minimum Gasteiger partial charge on any atom is -0.493 e. The highest BCUT2D eigenvalue weighted by Crippen LogP contribution is 2.29. The van der Waals surface area contributed by atoms with Crippen LogP contribution in [0.15, 0.2) is 48.8 Å². The summed E-state index contributed by atoms with van der Waals surface area (Å²) in [6.07, 6.45) is 1.46. The number of anilines is 1. The van der Waals surface area contributed by atoms with Crippen molar-refractivity contribution in [2.75, 3.05) is 12.4 Å². The summed E-state index contributed by atoms with van der Waals surface area (Å²) in [6, 6.07) is 14.2. The molecule has 6 nitrogen and oxygen atoms in total. The van der Waals surface area contributed by atoms with Crippen LogP contribution in [0.2, 0.25) is 0 Å². The number of H-pyrrole nitrogens is 1. The summed E-state index contributed by atoms with van der Waals surface area (Å²) in [7, 11) is 1.64. The fourth-order valence-electron chi connectivity index (χ4n) is 2.26. The molecule has 24 heavy (non-hydrogen) atoms. The summed E-state index contributed by atoms with van der Waals surface area (Å²) < 4.78 is 11.3. The minimum atomic E-state index is 0.506. The third kappa shape index (κ3) is 4.04. The van der Waals surface area contributed by atoms with Gasteiger partial charge >= 0.3 is 0 Å². The van der Waals surface area contributed by atoms with Crippen molar-refractivity contribution in [3.63, 3.8) is 0 Å². The van der Waals surface area contributed by atoms with E-state index in [2.05, 4.69) is 51.7 Å². The van der Waals surface area contributed by atoms with Gasteiger partial charge in [-0.15, -0.1) is 0 Å². The van der Waals surface area contributed by atoms with Crippen LogP contribution in [0.3, 0.4) is 0 Å². The van der Waals surface area contributed by atoms with Crippen molar-refractivity contribution in [2.24, 2.45) is 0 Å².